The summed E-state index contributed by atoms with van der Waals surface area (Å²) in [6.45, 7) is 7.41. The SMILES string of the molecule is CCNC(=NCc1cc(C#N)ccc1F)NCc1nc(C)c(C)s1.I. The van der Waals surface area contributed by atoms with Crippen molar-refractivity contribution in [2.75, 3.05) is 6.54 Å². The van der Waals surface area contributed by atoms with Crippen LogP contribution in [-0.4, -0.2) is 17.5 Å². The third-order valence-electron chi connectivity index (χ3n) is 3.41. The molecule has 25 heavy (non-hydrogen) atoms. The number of hydrogen-bond acceptors (Lipinski definition) is 4. The molecule has 0 aliphatic heterocycles. The van der Waals surface area contributed by atoms with E-state index in [1.165, 1.54) is 23.1 Å². The maximum atomic E-state index is 13.8. The van der Waals surface area contributed by atoms with Gasteiger partial charge in [-0.3, -0.25) is 0 Å². The summed E-state index contributed by atoms with van der Waals surface area (Å²) in [5.41, 5.74) is 1.86. The number of thiazole rings is 1. The molecule has 2 aromatic rings. The first kappa shape index (κ1) is 21.3. The van der Waals surface area contributed by atoms with Crippen molar-refractivity contribution in [3.8, 4) is 6.07 Å². The number of aliphatic imine (C=N–C) groups is 1. The van der Waals surface area contributed by atoms with Crippen LogP contribution in [0.2, 0.25) is 0 Å². The number of rotatable bonds is 5. The van der Waals surface area contributed by atoms with Crippen LogP contribution in [0.1, 0.15) is 33.6 Å². The van der Waals surface area contributed by atoms with Crippen molar-refractivity contribution < 1.29 is 4.39 Å². The molecular formula is C17H21FIN5S. The lowest BCUT2D eigenvalue weighted by Crippen LogP contribution is -2.36. The summed E-state index contributed by atoms with van der Waals surface area (Å²) in [4.78, 5) is 10.1. The van der Waals surface area contributed by atoms with Gasteiger partial charge in [0.2, 0.25) is 0 Å². The Morgan fingerprint density at radius 1 is 1.36 bits per heavy atom. The van der Waals surface area contributed by atoms with Crippen molar-refractivity contribution >= 4 is 41.3 Å². The molecular weight excluding hydrogens is 452 g/mol. The molecule has 1 heterocycles. The van der Waals surface area contributed by atoms with Crippen molar-refractivity contribution in [2.24, 2.45) is 4.99 Å². The minimum atomic E-state index is -0.361. The fourth-order valence-electron chi connectivity index (χ4n) is 2.05. The smallest absolute Gasteiger partial charge is 0.191 e. The average molecular weight is 473 g/mol. The van der Waals surface area contributed by atoms with E-state index in [1.807, 2.05) is 26.8 Å². The molecule has 0 saturated heterocycles. The second-order valence-corrected chi connectivity index (χ2v) is 6.50. The van der Waals surface area contributed by atoms with Crippen LogP contribution in [0.15, 0.2) is 23.2 Å². The Morgan fingerprint density at radius 2 is 2.12 bits per heavy atom. The van der Waals surface area contributed by atoms with Crippen LogP contribution in [0.4, 0.5) is 4.39 Å². The molecule has 0 atom stereocenters. The van der Waals surface area contributed by atoms with Crippen LogP contribution < -0.4 is 10.6 Å². The van der Waals surface area contributed by atoms with E-state index < -0.39 is 0 Å². The zero-order chi connectivity index (χ0) is 17.5. The number of benzene rings is 1. The third kappa shape index (κ3) is 6.25. The molecule has 8 heteroatoms. The molecule has 2 rings (SSSR count). The molecule has 0 aliphatic carbocycles. The lowest BCUT2D eigenvalue weighted by atomic mass is 10.1. The quantitative estimate of drug-likeness (QED) is 0.395. The van der Waals surface area contributed by atoms with Gasteiger partial charge in [0.05, 0.1) is 30.4 Å². The zero-order valence-corrected chi connectivity index (χ0v) is 17.5. The Kier molecular flexibility index (Phi) is 8.78. The molecule has 5 nitrogen and oxygen atoms in total. The largest absolute Gasteiger partial charge is 0.357 e. The van der Waals surface area contributed by atoms with Crippen molar-refractivity contribution in [3.63, 3.8) is 0 Å². The van der Waals surface area contributed by atoms with E-state index >= 15 is 0 Å². The average Bonchev–Trinajstić information content (AvgIpc) is 2.89. The van der Waals surface area contributed by atoms with Crippen LogP contribution in [0.3, 0.4) is 0 Å². The molecule has 2 N–H and O–H groups in total. The van der Waals surface area contributed by atoms with E-state index in [-0.39, 0.29) is 36.3 Å². The van der Waals surface area contributed by atoms with E-state index in [2.05, 4.69) is 20.6 Å². The summed E-state index contributed by atoms with van der Waals surface area (Å²) in [7, 11) is 0. The number of aromatic nitrogens is 1. The van der Waals surface area contributed by atoms with Gasteiger partial charge in [0.15, 0.2) is 5.96 Å². The molecule has 0 unspecified atom stereocenters. The van der Waals surface area contributed by atoms with Crippen molar-refractivity contribution in [1.82, 2.24) is 15.6 Å². The lowest BCUT2D eigenvalue weighted by Gasteiger charge is -2.10. The van der Waals surface area contributed by atoms with Crippen LogP contribution in [0, 0.1) is 31.0 Å². The molecule has 1 aromatic heterocycles. The summed E-state index contributed by atoms with van der Waals surface area (Å²) < 4.78 is 13.8. The zero-order valence-electron chi connectivity index (χ0n) is 14.4. The van der Waals surface area contributed by atoms with Crippen LogP contribution in [0.5, 0.6) is 0 Å². The Hall–Kier alpha value is -1.73. The minimum absolute atomic E-state index is 0. The van der Waals surface area contributed by atoms with Crippen LogP contribution in [0.25, 0.3) is 0 Å². The van der Waals surface area contributed by atoms with Gasteiger partial charge in [-0.1, -0.05) is 0 Å². The van der Waals surface area contributed by atoms with E-state index in [0.29, 0.717) is 30.2 Å². The maximum Gasteiger partial charge on any atom is 0.191 e. The third-order valence-corrected chi connectivity index (χ3v) is 4.48. The highest BCUT2D eigenvalue weighted by Crippen LogP contribution is 2.16. The van der Waals surface area contributed by atoms with E-state index in [0.717, 1.165) is 10.7 Å². The van der Waals surface area contributed by atoms with E-state index in [9.17, 15) is 4.39 Å². The van der Waals surface area contributed by atoms with Crippen LogP contribution in [-0.2, 0) is 13.1 Å². The summed E-state index contributed by atoms with van der Waals surface area (Å²) in [6.07, 6.45) is 0. The highest BCUT2D eigenvalue weighted by molar-refractivity contribution is 14.0. The monoisotopic (exact) mass is 473 g/mol. The normalized spacial score (nSPS) is 10.8. The van der Waals surface area contributed by atoms with Gasteiger partial charge in [0.25, 0.3) is 0 Å². The predicted molar refractivity (Wildman–Crippen MR) is 110 cm³/mol. The van der Waals surface area contributed by atoms with Crippen molar-refractivity contribution in [3.05, 3.63) is 50.7 Å². The topological polar surface area (TPSA) is 73.1 Å². The van der Waals surface area contributed by atoms with Gasteiger partial charge in [0.1, 0.15) is 10.8 Å². The summed E-state index contributed by atoms with van der Waals surface area (Å²) in [6, 6.07) is 6.29. The first-order valence-electron chi connectivity index (χ1n) is 7.67. The maximum absolute atomic E-state index is 13.8. The second-order valence-electron chi connectivity index (χ2n) is 5.22. The Balaban J connectivity index is 0.00000312. The summed E-state index contributed by atoms with van der Waals surface area (Å²) in [5.74, 6) is 0.226. The molecule has 0 bridgehead atoms. The van der Waals surface area contributed by atoms with E-state index in [4.69, 9.17) is 5.26 Å². The fourth-order valence-corrected chi connectivity index (χ4v) is 2.92. The molecule has 0 amide bonds. The number of aryl methyl sites for hydroxylation is 2. The number of guanidine groups is 1. The number of nitrogens with zero attached hydrogens (tertiary/aromatic N) is 3. The Labute approximate surface area is 168 Å². The first-order chi connectivity index (χ1) is 11.5. The molecule has 0 aliphatic rings. The lowest BCUT2D eigenvalue weighted by molar-refractivity contribution is 0.610. The highest BCUT2D eigenvalue weighted by Gasteiger charge is 2.06. The van der Waals surface area contributed by atoms with Gasteiger partial charge < -0.3 is 10.6 Å². The summed E-state index contributed by atoms with van der Waals surface area (Å²) >= 11 is 1.64. The Bertz CT molecular complexity index is 762. The van der Waals surface area contributed by atoms with Gasteiger partial charge in [-0.2, -0.15) is 5.26 Å². The van der Waals surface area contributed by atoms with Crippen LogP contribution >= 0.6 is 35.3 Å². The predicted octanol–water partition coefficient (Wildman–Crippen LogP) is 3.64. The van der Waals surface area contributed by atoms with Crippen molar-refractivity contribution in [1.29, 1.82) is 5.26 Å². The molecule has 0 spiro atoms. The fraction of sp³-hybridized carbons (Fsp3) is 0.353. The molecule has 134 valence electrons. The summed E-state index contributed by atoms with van der Waals surface area (Å²) in [5, 5.41) is 16.2. The molecule has 0 radical (unpaired) electrons. The standard InChI is InChI=1S/C17H20FN5S.HI/c1-4-20-17(22-10-16-23-11(2)12(3)24-16)21-9-14-7-13(8-19)5-6-15(14)18;/h5-7H,4,9-10H2,1-3H3,(H2,20,21,22);1H. The minimum Gasteiger partial charge on any atom is -0.357 e. The van der Waals surface area contributed by atoms with Gasteiger partial charge in [0, 0.05) is 17.0 Å². The van der Waals surface area contributed by atoms with Gasteiger partial charge in [-0.25, -0.2) is 14.4 Å². The van der Waals surface area contributed by atoms with Gasteiger partial charge >= 0.3 is 0 Å². The highest BCUT2D eigenvalue weighted by atomic mass is 127. The number of hydrogen-bond donors (Lipinski definition) is 2. The van der Waals surface area contributed by atoms with E-state index in [1.54, 1.807) is 11.3 Å². The molecule has 1 aromatic carbocycles. The first-order valence-corrected chi connectivity index (χ1v) is 8.48. The van der Waals surface area contributed by atoms with Gasteiger partial charge in [-0.15, -0.1) is 35.3 Å². The number of nitrogens with one attached hydrogen (secondary N) is 2. The molecule has 0 saturated carbocycles. The van der Waals surface area contributed by atoms with Gasteiger partial charge in [-0.05, 0) is 39.0 Å². The number of nitriles is 1. The Morgan fingerprint density at radius 3 is 2.72 bits per heavy atom. The van der Waals surface area contributed by atoms with Crippen molar-refractivity contribution in [2.45, 2.75) is 33.9 Å². The molecule has 0 fully saturated rings. The second kappa shape index (κ2) is 10.3. The number of halogens is 2.